The Morgan fingerprint density at radius 3 is 2.62 bits per heavy atom. The SMILES string of the molecule is CC(c1ccc(F)cc1)N(C)C(=O)CN1CCCC2CCCCC21. The van der Waals surface area contributed by atoms with E-state index in [1.807, 2.05) is 14.0 Å². The molecule has 2 aliphatic rings. The fraction of sp³-hybridized carbons (Fsp3) is 0.650. The molecule has 132 valence electrons. The van der Waals surface area contributed by atoms with Crippen molar-refractivity contribution in [3.8, 4) is 0 Å². The highest BCUT2D eigenvalue weighted by atomic mass is 19.1. The van der Waals surface area contributed by atoms with E-state index in [9.17, 15) is 9.18 Å². The lowest BCUT2D eigenvalue weighted by atomic mass is 9.78. The highest BCUT2D eigenvalue weighted by molar-refractivity contribution is 5.78. The van der Waals surface area contributed by atoms with Gasteiger partial charge in [0.15, 0.2) is 0 Å². The third kappa shape index (κ3) is 3.80. The number of rotatable bonds is 4. The maximum atomic E-state index is 13.1. The maximum absolute atomic E-state index is 13.1. The number of benzene rings is 1. The predicted octanol–water partition coefficient (Wildman–Crippen LogP) is 4.00. The van der Waals surface area contributed by atoms with Crippen LogP contribution in [0.5, 0.6) is 0 Å². The first-order valence-corrected chi connectivity index (χ1v) is 9.31. The third-order valence-electron chi connectivity index (χ3n) is 6.02. The summed E-state index contributed by atoms with van der Waals surface area (Å²) < 4.78 is 13.1. The van der Waals surface area contributed by atoms with E-state index in [0.29, 0.717) is 12.6 Å². The van der Waals surface area contributed by atoms with Crippen LogP contribution in [0.2, 0.25) is 0 Å². The standard InChI is InChI=1S/C20H29FN2O/c1-15(16-9-11-18(21)12-10-16)22(2)20(24)14-23-13-5-7-17-6-3-4-8-19(17)23/h9-12,15,17,19H,3-8,13-14H2,1-2H3. The van der Waals surface area contributed by atoms with Crippen molar-refractivity contribution in [2.75, 3.05) is 20.1 Å². The Morgan fingerprint density at radius 2 is 1.88 bits per heavy atom. The summed E-state index contributed by atoms with van der Waals surface area (Å²) in [7, 11) is 1.86. The molecule has 1 heterocycles. The van der Waals surface area contributed by atoms with Crippen molar-refractivity contribution >= 4 is 5.91 Å². The Morgan fingerprint density at radius 1 is 1.21 bits per heavy atom. The average molecular weight is 332 g/mol. The van der Waals surface area contributed by atoms with Crippen molar-refractivity contribution in [2.45, 2.75) is 57.5 Å². The minimum Gasteiger partial charge on any atom is -0.338 e. The number of likely N-dealkylation sites (N-methyl/N-ethyl adjacent to an activating group) is 1. The van der Waals surface area contributed by atoms with Crippen molar-refractivity contribution in [3.63, 3.8) is 0 Å². The van der Waals surface area contributed by atoms with E-state index in [4.69, 9.17) is 0 Å². The monoisotopic (exact) mass is 332 g/mol. The van der Waals surface area contributed by atoms with Gasteiger partial charge < -0.3 is 4.90 Å². The molecule has 0 spiro atoms. The zero-order chi connectivity index (χ0) is 17.1. The van der Waals surface area contributed by atoms with Crippen LogP contribution < -0.4 is 0 Å². The average Bonchev–Trinajstić information content (AvgIpc) is 2.61. The second-order valence-electron chi connectivity index (χ2n) is 7.46. The summed E-state index contributed by atoms with van der Waals surface area (Å²) in [4.78, 5) is 17.0. The van der Waals surface area contributed by atoms with Crippen LogP contribution in [-0.2, 0) is 4.79 Å². The molecule has 1 aromatic carbocycles. The smallest absolute Gasteiger partial charge is 0.237 e. The van der Waals surface area contributed by atoms with Gasteiger partial charge in [0.25, 0.3) is 0 Å². The van der Waals surface area contributed by atoms with Crippen LogP contribution in [0.15, 0.2) is 24.3 Å². The number of piperidine rings is 1. The van der Waals surface area contributed by atoms with Crippen molar-refractivity contribution in [3.05, 3.63) is 35.6 Å². The molecule has 0 aromatic heterocycles. The minimum absolute atomic E-state index is 0.0370. The predicted molar refractivity (Wildman–Crippen MR) is 94.1 cm³/mol. The molecule has 1 saturated heterocycles. The van der Waals surface area contributed by atoms with Gasteiger partial charge >= 0.3 is 0 Å². The molecule has 1 amide bonds. The van der Waals surface area contributed by atoms with Crippen molar-refractivity contribution in [1.29, 1.82) is 0 Å². The number of hydrogen-bond acceptors (Lipinski definition) is 2. The number of likely N-dealkylation sites (tertiary alicyclic amines) is 1. The summed E-state index contributed by atoms with van der Waals surface area (Å²) in [6.07, 6.45) is 7.77. The lowest BCUT2D eigenvalue weighted by Crippen LogP contribution is -2.50. The topological polar surface area (TPSA) is 23.6 Å². The molecule has 1 aromatic rings. The minimum atomic E-state index is -0.239. The fourth-order valence-corrected chi connectivity index (χ4v) is 4.39. The lowest BCUT2D eigenvalue weighted by molar-refractivity contribution is -0.134. The highest BCUT2D eigenvalue weighted by Gasteiger charge is 2.34. The summed E-state index contributed by atoms with van der Waals surface area (Å²) in [5.41, 5.74) is 0.974. The molecular formula is C20H29FN2O. The number of amides is 1. The molecule has 2 fully saturated rings. The van der Waals surface area contributed by atoms with Gasteiger partial charge in [-0.3, -0.25) is 9.69 Å². The summed E-state index contributed by atoms with van der Waals surface area (Å²) in [5.74, 6) is 0.717. The number of nitrogens with zero attached hydrogens (tertiary/aromatic N) is 2. The number of carbonyl (C=O) groups excluding carboxylic acids is 1. The first kappa shape index (κ1) is 17.4. The van der Waals surface area contributed by atoms with Gasteiger partial charge in [-0.15, -0.1) is 0 Å². The van der Waals surface area contributed by atoms with Gasteiger partial charge in [0, 0.05) is 13.1 Å². The van der Waals surface area contributed by atoms with Crippen LogP contribution in [-0.4, -0.2) is 41.9 Å². The van der Waals surface area contributed by atoms with E-state index in [1.165, 1.54) is 50.7 Å². The highest BCUT2D eigenvalue weighted by Crippen LogP contribution is 2.35. The van der Waals surface area contributed by atoms with Crippen LogP contribution in [0.25, 0.3) is 0 Å². The molecule has 1 aliphatic heterocycles. The molecule has 4 heteroatoms. The fourth-order valence-electron chi connectivity index (χ4n) is 4.39. The second kappa shape index (κ2) is 7.64. The van der Waals surface area contributed by atoms with Crippen LogP contribution in [0.3, 0.4) is 0 Å². The number of halogens is 1. The quantitative estimate of drug-likeness (QED) is 0.832. The Balaban J connectivity index is 1.61. The zero-order valence-electron chi connectivity index (χ0n) is 14.9. The number of carbonyl (C=O) groups is 1. The molecule has 3 atom stereocenters. The van der Waals surface area contributed by atoms with Gasteiger partial charge in [-0.1, -0.05) is 25.0 Å². The lowest BCUT2D eigenvalue weighted by Gasteiger charge is -2.44. The molecule has 0 N–H and O–H groups in total. The largest absolute Gasteiger partial charge is 0.338 e. The number of hydrogen-bond donors (Lipinski definition) is 0. The van der Waals surface area contributed by atoms with E-state index >= 15 is 0 Å². The Hall–Kier alpha value is -1.42. The van der Waals surface area contributed by atoms with Crippen LogP contribution in [0.1, 0.15) is 57.1 Å². The summed E-state index contributed by atoms with van der Waals surface area (Å²) in [5, 5.41) is 0. The molecule has 0 radical (unpaired) electrons. The molecular weight excluding hydrogens is 303 g/mol. The van der Waals surface area contributed by atoms with Gasteiger partial charge in [0.1, 0.15) is 5.82 Å². The van der Waals surface area contributed by atoms with Gasteiger partial charge in [-0.2, -0.15) is 0 Å². The van der Waals surface area contributed by atoms with Crippen molar-refractivity contribution in [2.24, 2.45) is 5.92 Å². The Labute approximate surface area is 144 Å². The van der Waals surface area contributed by atoms with E-state index in [1.54, 1.807) is 17.0 Å². The van der Waals surface area contributed by atoms with Gasteiger partial charge in [0.05, 0.1) is 12.6 Å². The van der Waals surface area contributed by atoms with Gasteiger partial charge in [-0.25, -0.2) is 4.39 Å². The molecule has 0 bridgehead atoms. The van der Waals surface area contributed by atoms with Crippen LogP contribution in [0, 0.1) is 11.7 Å². The molecule has 1 saturated carbocycles. The van der Waals surface area contributed by atoms with Crippen LogP contribution >= 0.6 is 0 Å². The van der Waals surface area contributed by atoms with E-state index in [2.05, 4.69) is 4.90 Å². The zero-order valence-corrected chi connectivity index (χ0v) is 14.9. The van der Waals surface area contributed by atoms with Crippen molar-refractivity contribution < 1.29 is 9.18 Å². The first-order chi connectivity index (χ1) is 11.6. The third-order valence-corrected chi connectivity index (χ3v) is 6.02. The normalized spacial score (nSPS) is 25.8. The van der Waals surface area contributed by atoms with Gasteiger partial charge in [0.2, 0.25) is 5.91 Å². The molecule has 3 unspecified atom stereocenters. The maximum Gasteiger partial charge on any atom is 0.237 e. The van der Waals surface area contributed by atoms with E-state index in [-0.39, 0.29) is 17.8 Å². The number of fused-ring (bicyclic) bond motifs is 1. The second-order valence-corrected chi connectivity index (χ2v) is 7.46. The van der Waals surface area contributed by atoms with E-state index in [0.717, 1.165) is 18.0 Å². The molecule has 24 heavy (non-hydrogen) atoms. The Kier molecular flexibility index (Phi) is 5.54. The summed E-state index contributed by atoms with van der Waals surface area (Å²) >= 11 is 0. The van der Waals surface area contributed by atoms with E-state index < -0.39 is 0 Å². The van der Waals surface area contributed by atoms with Gasteiger partial charge in [-0.05, 0) is 62.8 Å². The molecule has 3 nitrogen and oxygen atoms in total. The van der Waals surface area contributed by atoms with Crippen molar-refractivity contribution in [1.82, 2.24) is 9.80 Å². The summed E-state index contributed by atoms with van der Waals surface area (Å²) in [6, 6.07) is 7.02. The first-order valence-electron chi connectivity index (χ1n) is 9.31. The summed E-state index contributed by atoms with van der Waals surface area (Å²) in [6.45, 7) is 3.57. The molecule has 3 rings (SSSR count). The van der Waals surface area contributed by atoms with Crippen LogP contribution in [0.4, 0.5) is 4.39 Å². The molecule has 1 aliphatic carbocycles. The Bertz CT molecular complexity index is 557.